The van der Waals surface area contributed by atoms with Gasteiger partial charge in [0, 0.05) is 18.2 Å². The Morgan fingerprint density at radius 2 is 2.16 bits per heavy atom. The highest BCUT2D eigenvalue weighted by Gasteiger charge is 2.25. The van der Waals surface area contributed by atoms with Crippen molar-refractivity contribution in [3.05, 3.63) is 65.6 Å². The second-order valence-corrected chi connectivity index (χ2v) is 8.05. The number of pyridine rings is 1. The van der Waals surface area contributed by atoms with Crippen molar-refractivity contribution in [3.8, 4) is 11.6 Å². The van der Waals surface area contributed by atoms with Gasteiger partial charge in [-0.1, -0.05) is 12.1 Å². The molecule has 31 heavy (non-hydrogen) atoms. The molecule has 0 saturated carbocycles. The second-order valence-electron chi connectivity index (χ2n) is 8.05. The Balaban J connectivity index is 1.46. The van der Waals surface area contributed by atoms with Gasteiger partial charge < -0.3 is 21.5 Å². The fourth-order valence-electron chi connectivity index (χ4n) is 3.48. The molecule has 2 aromatic heterocycles. The number of carbonyl (C=O) groups excluding carboxylic acids is 1. The first kappa shape index (κ1) is 20.4. The Morgan fingerprint density at radius 1 is 1.32 bits per heavy atom. The SMILES string of the molecule is CC(C)(COc1cccc2c1C(N)=NCC2)NC(=O)c1ccnc(-[n+]2cc[nH]c2N)c1. The monoisotopic (exact) mass is 420 g/mol. The summed E-state index contributed by atoms with van der Waals surface area (Å²) < 4.78 is 7.72. The number of hydrogen-bond acceptors (Lipinski definition) is 6. The number of amides is 1. The number of carbonyl (C=O) groups is 1. The molecule has 0 aliphatic carbocycles. The molecule has 9 heteroatoms. The first-order valence-electron chi connectivity index (χ1n) is 10.0. The fourth-order valence-corrected chi connectivity index (χ4v) is 3.48. The maximum atomic E-state index is 12.9. The molecule has 6 N–H and O–H groups in total. The van der Waals surface area contributed by atoms with Gasteiger partial charge in [0.15, 0.2) is 0 Å². The molecule has 0 unspecified atom stereocenters. The fraction of sp³-hybridized carbons (Fsp3) is 0.273. The molecular weight excluding hydrogens is 394 g/mol. The molecule has 1 aromatic carbocycles. The molecule has 0 atom stereocenters. The van der Waals surface area contributed by atoms with Crippen molar-refractivity contribution in [2.24, 2.45) is 10.7 Å². The highest BCUT2D eigenvalue weighted by atomic mass is 16.5. The van der Waals surface area contributed by atoms with Crippen molar-refractivity contribution in [3.63, 3.8) is 0 Å². The van der Waals surface area contributed by atoms with Gasteiger partial charge >= 0.3 is 5.95 Å². The van der Waals surface area contributed by atoms with E-state index in [4.69, 9.17) is 16.2 Å². The quantitative estimate of drug-likeness (QED) is 0.443. The summed E-state index contributed by atoms with van der Waals surface area (Å²) in [4.78, 5) is 24.4. The van der Waals surface area contributed by atoms with E-state index in [1.807, 2.05) is 32.0 Å². The number of aromatic nitrogens is 3. The van der Waals surface area contributed by atoms with E-state index in [1.54, 1.807) is 35.3 Å². The third kappa shape index (κ3) is 4.35. The van der Waals surface area contributed by atoms with Crippen LogP contribution in [0.4, 0.5) is 5.95 Å². The number of nitrogens with two attached hydrogens (primary N) is 2. The Labute approximate surface area is 180 Å². The van der Waals surface area contributed by atoms with Crippen molar-refractivity contribution in [1.82, 2.24) is 15.3 Å². The number of imidazole rings is 1. The van der Waals surface area contributed by atoms with Crippen LogP contribution in [0.2, 0.25) is 0 Å². The van der Waals surface area contributed by atoms with Crippen LogP contribution in [0.1, 0.15) is 35.3 Å². The number of amidine groups is 1. The molecule has 1 amide bonds. The molecule has 0 saturated heterocycles. The molecular formula is C22H26N7O2+. The van der Waals surface area contributed by atoms with E-state index in [-0.39, 0.29) is 12.5 Å². The number of rotatable bonds is 6. The van der Waals surface area contributed by atoms with E-state index < -0.39 is 5.54 Å². The first-order chi connectivity index (χ1) is 14.8. The number of H-pyrrole nitrogens is 1. The molecule has 3 heterocycles. The van der Waals surface area contributed by atoms with Gasteiger partial charge in [0.25, 0.3) is 5.91 Å². The number of nitrogens with zero attached hydrogens (tertiary/aromatic N) is 3. The number of fused-ring (bicyclic) bond motifs is 1. The van der Waals surface area contributed by atoms with Crippen LogP contribution in [0.5, 0.6) is 5.75 Å². The summed E-state index contributed by atoms with van der Waals surface area (Å²) >= 11 is 0. The van der Waals surface area contributed by atoms with E-state index in [0.29, 0.717) is 35.5 Å². The van der Waals surface area contributed by atoms with Crippen molar-refractivity contribution >= 4 is 17.7 Å². The van der Waals surface area contributed by atoms with Crippen LogP contribution in [-0.4, -0.2) is 40.4 Å². The third-order valence-corrected chi connectivity index (χ3v) is 5.04. The summed E-state index contributed by atoms with van der Waals surface area (Å²) in [7, 11) is 0. The van der Waals surface area contributed by atoms with Crippen LogP contribution in [-0.2, 0) is 6.42 Å². The average Bonchev–Trinajstić information content (AvgIpc) is 3.18. The van der Waals surface area contributed by atoms with Crippen LogP contribution >= 0.6 is 0 Å². The van der Waals surface area contributed by atoms with Gasteiger partial charge in [-0.05, 0) is 38.0 Å². The summed E-state index contributed by atoms with van der Waals surface area (Å²) in [6.07, 6.45) is 5.85. The number of anilines is 1. The van der Waals surface area contributed by atoms with Gasteiger partial charge in [-0.3, -0.25) is 14.8 Å². The zero-order valence-corrected chi connectivity index (χ0v) is 17.6. The average molecular weight is 420 g/mol. The highest BCUT2D eigenvalue weighted by Crippen LogP contribution is 2.26. The number of hydrogen-bond donors (Lipinski definition) is 4. The Hall–Kier alpha value is -3.88. The Morgan fingerprint density at radius 3 is 2.94 bits per heavy atom. The van der Waals surface area contributed by atoms with Gasteiger partial charge in [0.05, 0.1) is 29.7 Å². The van der Waals surface area contributed by atoms with Crippen LogP contribution in [0.25, 0.3) is 5.82 Å². The topological polar surface area (TPSA) is 135 Å². The summed E-state index contributed by atoms with van der Waals surface area (Å²) in [5, 5.41) is 3.02. The van der Waals surface area contributed by atoms with E-state index in [9.17, 15) is 4.79 Å². The van der Waals surface area contributed by atoms with Crippen molar-refractivity contribution in [2.75, 3.05) is 18.9 Å². The smallest absolute Gasteiger partial charge is 0.316 e. The molecule has 1 aliphatic rings. The number of aromatic amines is 1. The molecule has 0 radical (unpaired) electrons. The maximum Gasteiger partial charge on any atom is 0.316 e. The van der Waals surface area contributed by atoms with E-state index in [2.05, 4.69) is 20.3 Å². The molecule has 1 aliphatic heterocycles. The van der Waals surface area contributed by atoms with Gasteiger partial charge in [0.1, 0.15) is 18.2 Å². The van der Waals surface area contributed by atoms with Crippen molar-refractivity contribution in [2.45, 2.75) is 25.8 Å². The largest absolute Gasteiger partial charge is 0.490 e. The first-order valence-corrected chi connectivity index (χ1v) is 10.0. The van der Waals surface area contributed by atoms with E-state index >= 15 is 0 Å². The van der Waals surface area contributed by atoms with E-state index in [0.717, 1.165) is 17.5 Å². The van der Waals surface area contributed by atoms with Gasteiger partial charge in [-0.2, -0.15) is 4.57 Å². The third-order valence-electron chi connectivity index (χ3n) is 5.04. The molecule has 3 aromatic rings. The number of nitrogens with one attached hydrogen (secondary N) is 2. The van der Waals surface area contributed by atoms with Crippen LogP contribution in [0.15, 0.2) is 53.9 Å². The lowest BCUT2D eigenvalue weighted by Crippen LogP contribution is -2.48. The number of benzene rings is 1. The summed E-state index contributed by atoms with van der Waals surface area (Å²) in [5.74, 6) is 1.90. The van der Waals surface area contributed by atoms with Gasteiger partial charge in [-0.15, -0.1) is 4.98 Å². The second kappa shape index (κ2) is 8.10. The Kier molecular flexibility index (Phi) is 5.33. The number of ether oxygens (including phenoxy) is 1. The van der Waals surface area contributed by atoms with Gasteiger partial charge in [0.2, 0.25) is 5.82 Å². The molecule has 4 rings (SSSR count). The van der Waals surface area contributed by atoms with Crippen molar-refractivity contribution < 1.29 is 14.1 Å². The zero-order chi connectivity index (χ0) is 22.0. The molecule has 0 bridgehead atoms. The summed E-state index contributed by atoms with van der Waals surface area (Å²) in [6, 6.07) is 9.19. The number of nitrogen functional groups attached to an aromatic ring is 1. The molecule has 0 fully saturated rings. The molecule has 9 nitrogen and oxygen atoms in total. The lowest BCUT2D eigenvalue weighted by atomic mass is 10.00. The van der Waals surface area contributed by atoms with Gasteiger partial charge in [-0.25, -0.2) is 0 Å². The van der Waals surface area contributed by atoms with E-state index in [1.165, 1.54) is 0 Å². The lowest BCUT2D eigenvalue weighted by Gasteiger charge is -2.27. The minimum atomic E-state index is -0.635. The number of aliphatic imine (C=N–C) groups is 1. The Bertz CT molecular complexity index is 1150. The highest BCUT2D eigenvalue weighted by molar-refractivity contribution is 6.02. The summed E-state index contributed by atoms with van der Waals surface area (Å²) in [6.45, 7) is 4.75. The molecule has 160 valence electrons. The van der Waals surface area contributed by atoms with Crippen LogP contribution in [0.3, 0.4) is 0 Å². The lowest BCUT2D eigenvalue weighted by molar-refractivity contribution is -0.582. The zero-order valence-electron chi connectivity index (χ0n) is 17.6. The molecule has 0 spiro atoms. The normalized spacial score (nSPS) is 13.3. The van der Waals surface area contributed by atoms with Crippen molar-refractivity contribution in [1.29, 1.82) is 0 Å². The van der Waals surface area contributed by atoms with Crippen LogP contribution < -0.4 is 26.1 Å². The van der Waals surface area contributed by atoms with Crippen LogP contribution in [0, 0.1) is 0 Å². The minimum Gasteiger partial charge on any atom is -0.490 e. The predicted octanol–water partition coefficient (Wildman–Crippen LogP) is 1.12. The standard InChI is InChI=1S/C22H25N7O2/c1-22(2,13-31-16-5-3-4-14-6-9-26-19(23)18(14)16)28-20(30)15-7-8-25-17(12-15)29-11-10-27-21(29)24/h3-5,7-8,10-12H,6,9,13H2,1-2H3,(H5,23,24,26,27,28,30)/p+1. The minimum absolute atomic E-state index is 0.233. The maximum absolute atomic E-state index is 12.9. The summed E-state index contributed by atoms with van der Waals surface area (Å²) in [5.41, 5.74) is 13.8. The predicted molar refractivity (Wildman–Crippen MR) is 117 cm³/mol.